The molecule has 0 saturated carbocycles. The fraction of sp³-hybridized carbons (Fsp3) is 0.667. The molecule has 13 heavy (non-hydrogen) atoms. The molecule has 0 rings (SSSR count). The zero-order valence-corrected chi connectivity index (χ0v) is 6.75. The molecule has 7 heteroatoms. The van der Waals surface area contributed by atoms with Gasteiger partial charge in [0.25, 0.3) is 0 Å². The highest BCUT2D eigenvalue weighted by Crippen LogP contribution is 2.01. The first-order valence-corrected chi connectivity index (χ1v) is 3.50. The van der Waals surface area contributed by atoms with E-state index in [9.17, 15) is 9.59 Å². The van der Waals surface area contributed by atoms with E-state index in [0.717, 1.165) is 0 Å². The van der Waals surface area contributed by atoms with E-state index >= 15 is 0 Å². The molecule has 0 fully saturated rings. The summed E-state index contributed by atoms with van der Waals surface area (Å²) in [5, 5.41) is 26.0. The molecule has 0 radical (unpaired) electrons. The van der Waals surface area contributed by atoms with Crippen LogP contribution in [0.5, 0.6) is 0 Å². The maximum atomic E-state index is 10.4. The normalized spacial score (nSPS) is 17.5. The topological polar surface area (TPSA) is 147 Å². The smallest absolute Gasteiger partial charge is 0.335 e. The Hall–Kier alpha value is -1.18. The molecule has 0 spiro atoms. The number of rotatable bonds is 5. The third kappa shape index (κ3) is 3.83. The minimum Gasteiger partial charge on any atom is -0.479 e. The molecule has 0 aromatic rings. The molecule has 0 saturated heterocycles. The SMILES string of the molecule is NC(=O)[C@@H](N)C[C@H](O)[C@H](O)C(=O)O. The van der Waals surface area contributed by atoms with Crippen LogP contribution in [0.4, 0.5) is 0 Å². The number of hydrogen-bond donors (Lipinski definition) is 5. The Morgan fingerprint density at radius 3 is 2.08 bits per heavy atom. The van der Waals surface area contributed by atoms with Crippen LogP contribution >= 0.6 is 0 Å². The van der Waals surface area contributed by atoms with Gasteiger partial charge in [0, 0.05) is 6.42 Å². The molecular weight excluding hydrogens is 180 g/mol. The van der Waals surface area contributed by atoms with Crippen molar-refractivity contribution in [2.75, 3.05) is 0 Å². The minimum atomic E-state index is -1.95. The van der Waals surface area contributed by atoms with Crippen LogP contribution in [-0.2, 0) is 9.59 Å². The van der Waals surface area contributed by atoms with E-state index in [4.69, 9.17) is 26.8 Å². The lowest BCUT2D eigenvalue weighted by Crippen LogP contribution is -2.44. The minimum absolute atomic E-state index is 0.386. The van der Waals surface area contributed by atoms with Crippen molar-refractivity contribution in [2.45, 2.75) is 24.7 Å². The largest absolute Gasteiger partial charge is 0.479 e. The van der Waals surface area contributed by atoms with E-state index in [2.05, 4.69) is 0 Å². The predicted molar refractivity (Wildman–Crippen MR) is 41.4 cm³/mol. The van der Waals surface area contributed by atoms with Gasteiger partial charge in [-0.3, -0.25) is 4.79 Å². The second kappa shape index (κ2) is 4.75. The Balaban J connectivity index is 4.06. The molecule has 0 heterocycles. The summed E-state index contributed by atoms with van der Waals surface area (Å²) in [4.78, 5) is 20.5. The third-order valence-electron chi connectivity index (χ3n) is 1.48. The molecule has 7 N–H and O–H groups in total. The van der Waals surface area contributed by atoms with Crippen molar-refractivity contribution in [1.82, 2.24) is 0 Å². The summed E-state index contributed by atoms with van der Waals surface area (Å²) in [6, 6.07) is -1.16. The van der Waals surface area contributed by atoms with Crippen LogP contribution in [0.3, 0.4) is 0 Å². The van der Waals surface area contributed by atoms with Crippen molar-refractivity contribution in [2.24, 2.45) is 11.5 Å². The van der Waals surface area contributed by atoms with Crippen LogP contribution in [0.2, 0.25) is 0 Å². The number of carbonyl (C=O) groups is 2. The van der Waals surface area contributed by atoms with Gasteiger partial charge in [0.2, 0.25) is 5.91 Å². The van der Waals surface area contributed by atoms with Gasteiger partial charge in [-0.1, -0.05) is 0 Å². The number of aliphatic hydroxyl groups excluding tert-OH is 2. The Kier molecular flexibility index (Phi) is 4.32. The van der Waals surface area contributed by atoms with Gasteiger partial charge in [0.05, 0.1) is 12.1 Å². The number of carbonyl (C=O) groups excluding carboxylic acids is 1. The quantitative estimate of drug-likeness (QED) is 0.313. The van der Waals surface area contributed by atoms with Gasteiger partial charge in [-0.25, -0.2) is 4.79 Å². The van der Waals surface area contributed by atoms with Crippen molar-refractivity contribution in [3.8, 4) is 0 Å². The maximum Gasteiger partial charge on any atom is 0.335 e. The Morgan fingerprint density at radius 2 is 1.77 bits per heavy atom. The average Bonchev–Trinajstić information content (AvgIpc) is 2.02. The zero-order chi connectivity index (χ0) is 10.6. The van der Waals surface area contributed by atoms with Gasteiger partial charge < -0.3 is 26.8 Å². The number of primary amides is 1. The fourth-order valence-electron chi connectivity index (χ4n) is 0.670. The lowest BCUT2D eigenvalue weighted by atomic mass is 10.1. The Morgan fingerprint density at radius 1 is 1.31 bits per heavy atom. The molecule has 0 unspecified atom stereocenters. The van der Waals surface area contributed by atoms with Crippen molar-refractivity contribution in [1.29, 1.82) is 0 Å². The van der Waals surface area contributed by atoms with Gasteiger partial charge in [0.1, 0.15) is 0 Å². The van der Waals surface area contributed by atoms with Crippen molar-refractivity contribution >= 4 is 11.9 Å². The van der Waals surface area contributed by atoms with Crippen molar-refractivity contribution < 1.29 is 24.9 Å². The number of carboxylic acid groups (broad SMARTS) is 1. The highest BCUT2D eigenvalue weighted by molar-refractivity contribution is 5.79. The molecule has 0 aliphatic heterocycles. The molecule has 0 aliphatic rings. The molecule has 76 valence electrons. The van der Waals surface area contributed by atoms with Crippen LogP contribution < -0.4 is 11.5 Å². The summed E-state index contributed by atoms with van der Waals surface area (Å²) in [7, 11) is 0. The maximum absolute atomic E-state index is 10.4. The number of amides is 1. The van der Waals surface area contributed by atoms with E-state index < -0.39 is 30.1 Å². The number of aliphatic carboxylic acids is 1. The first kappa shape index (κ1) is 11.8. The lowest BCUT2D eigenvalue weighted by molar-refractivity contribution is -0.153. The van der Waals surface area contributed by atoms with Crippen LogP contribution in [-0.4, -0.2) is 45.4 Å². The zero-order valence-electron chi connectivity index (χ0n) is 6.75. The number of hydrogen-bond acceptors (Lipinski definition) is 5. The van der Waals surface area contributed by atoms with Crippen LogP contribution in [0.15, 0.2) is 0 Å². The van der Waals surface area contributed by atoms with Crippen molar-refractivity contribution in [3.05, 3.63) is 0 Å². The number of aliphatic hydroxyl groups is 2. The van der Waals surface area contributed by atoms with E-state index in [-0.39, 0.29) is 6.42 Å². The number of nitrogens with two attached hydrogens (primary N) is 2. The molecule has 0 aliphatic carbocycles. The molecule has 0 bridgehead atoms. The summed E-state index contributed by atoms with van der Waals surface area (Å²) >= 11 is 0. The molecule has 0 aromatic heterocycles. The summed E-state index contributed by atoms with van der Waals surface area (Å²) in [5.41, 5.74) is 9.87. The second-order valence-electron chi connectivity index (χ2n) is 2.59. The van der Waals surface area contributed by atoms with Gasteiger partial charge in [-0.15, -0.1) is 0 Å². The first-order valence-electron chi connectivity index (χ1n) is 3.50. The summed E-state index contributed by atoms with van der Waals surface area (Å²) in [6.45, 7) is 0. The molecule has 7 nitrogen and oxygen atoms in total. The van der Waals surface area contributed by atoms with Gasteiger partial charge in [0.15, 0.2) is 6.10 Å². The first-order chi connectivity index (χ1) is 5.86. The summed E-state index contributed by atoms with van der Waals surface area (Å²) in [5.74, 6) is -2.44. The monoisotopic (exact) mass is 192 g/mol. The molecule has 1 amide bonds. The second-order valence-corrected chi connectivity index (χ2v) is 2.59. The summed E-state index contributed by atoms with van der Waals surface area (Å²) in [6.07, 6.45) is -3.94. The van der Waals surface area contributed by atoms with Crippen molar-refractivity contribution in [3.63, 3.8) is 0 Å². The van der Waals surface area contributed by atoms with Gasteiger partial charge in [-0.2, -0.15) is 0 Å². The van der Waals surface area contributed by atoms with Crippen LogP contribution in [0.25, 0.3) is 0 Å². The van der Waals surface area contributed by atoms with E-state index in [1.807, 2.05) is 0 Å². The highest BCUT2D eigenvalue weighted by atomic mass is 16.4. The van der Waals surface area contributed by atoms with Crippen LogP contribution in [0.1, 0.15) is 6.42 Å². The highest BCUT2D eigenvalue weighted by Gasteiger charge is 2.26. The Bertz CT molecular complexity index is 207. The average molecular weight is 192 g/mol. The predicted octanol–water partition coefficient (Wildman–Crippen LogP) is -3.00. The Labute approximate surface area is 73.9 Å². The van der Waals surface area contributed by atoms with Gasteiger partial charge >= 0.3 is 5.97 Å². The van der Waals surface area contributed by atoms with E-state index in [1.165, 1.54) is 0 Å². The molecule has 3 atom stereocenters. The molecule has 0 aromatic carbocycles. The molecular formula is C6H12N2O5. The fourth-order valence-corrected chi connectivity index (χ4v) is 0.670. The van der Waals surface area contributed by atoms with Gasteiger partial charge in [-0.05, 0) is 0 Å². The van der Waals surface area contributed by atoms with Crippen LogP contribution in [0, 0.1) is 0 Å². The number of carboxylic acids is 1. The standard InChI is InChI=1S/C6H12N2O5/c7-2(5(8)11)1-3(9)4(10)6(12)13/h2-4,9-10H,1,7H2,(H2,8,11)(H,12,13)/t2-,3-,4-/m0/s1. The van der Waals surface area contributed by atoms with E-state index in [1.54, 1.807) is 0 Å². The lowest BCUT2D eigenvalue weighted by Gasteiger charge is -2.16. The summed E-state index contributed by atoms with van der Waals surface area (Å²) < 4.78 is 0. The van der Waals surface area contributed by atoms with E-state index in [0.29, 0.717) is 0 Å². The third-order valence-corrected chi connectivity index (χ3v) is 1.48.